The maximum absolute atomic E-state index is 8.31. The average molecular weight is 345 g/mol. The summed E-state index contributed by atoms with van der Waals surface area (Å²) in [5, 5.41) is 8.31. The summed E-state index contributed by atoms with van der Waals surface area (Å²) in [7, 11) is 0. The Bertz CT molecular complexity index is 277. The Hall–Kier alpha value is 0.340. The van der Waals surface area contributed by atoms with E-state index >= 15 is 0 Å². The second kappa shape index (κ2) is 10.3. The summed E-state index contributed by atoms with van der Waals surface area (Å²) in [6.07, 6.45) is -0.533. The van der Waals surface area contributed by atoms with Crippen molar-refractivity contribution in [2.24, 2.45) is 0 Å². The molecule has 0 aliphatic carbocycles. The minimum Gasteiger partial charge on any atom is -0.394 e. The van der Waals surface area contributed by atoms with E-state index in [1.54, 1.807) is 0 Å². The molecule has 0 saturated carbocycles. The fraction of sp³-hybridized carbons (Fsp3) is 0.500. The molecule has 0 aliphatic rings. The summed E-state index contributed by atoms with van der Waals surface area (Å²) in [6.45, 7) is -0.113. The lowest BCUT2D eigenvalue weighted by atomic mass is 10.4. The van der Waals surface area contributed by atoms with Crippen LogP contribution in [0.4, 0.5) is 0 Å². The van der Waals surface area contributed by atoms with Crippen molar-refractivity contribution >= 4 is 58.5 Å². The smallest absolute Gasteiger partial charge is 0.227 e. The molecule has 1 heterocycles. The molecule has 1 unspecified atom stereocenters. The minimum atomic E-state index is -0.533. The Morgan fingerprint density at radius 2 is 1.41 bits per heavy atom. The van der Waals surface area contributed by atoms with Gasteiger partial charge in [-0.15, -0.1) is 0 Å². The summed E-state index contributed by atoms with van der Waals surface area (Å²) in [6, 6.07) is 0. The van der Waals surface area contributed by atoms with Crippen molar-refractivity contribution in [3.05, 3.63) is 15.9 Å². The molecule has 1 aromatic rings. The Morgan fingerprint density at radius 1 is 1.00 bits per heavy atom. The zero-order valence-electron chi connectivity index (χ0n) is 7.99. The molecule has 1 atom stereocenters. The second-order valence-corrected chi connectivity index (χ2v) is 3.72. The first-order chi connectivity index (χ1) is 8.03. The van der Waals surface area contributed by atoms with Crippen LogP contribution in [0.2, 0.25) is 15.9 Å². The van der Waals surface area contributed by atoms with E-state index in [2.05, 4.69) is 23.5 Å². The lowest BCUT2D eigenvalue weighted by Crippen LogP contribution is -2.18. The highest BCUT2D eigenvalue weighted by molar-refractivity contribution is 6.33. The van der Waals surface area contributed by atoms with E-state index in [-0.39, 0.29) is 29.1 Å². The highest BCUT2D eigenvalue weighted by Gasteiger charge is 2.05. The van der Waals surface area contributed by atoms with Crippen molar-refractivity contribution in [1.29, 1.82) is 0 Å². The van der Waals surface area contributed by atoms with Gasteiger partial charge in [0.25, 0.3) is 0 Å². The van der Waals surface area contributed by atoms with Crippen LogP contribution < -0.4 is 0 Å². The van der Waals surface area contributed by atoms with Crippen LogP contribution in [-0.2, 0) is 8.58 Å². The number of halogens is 5. The molecule has 0 radical (unpaired) electrons. The molecule has 0 aromatic carbocycles. The van der Waals surface area contributed by atoms with E-state index in [9.17, 15) is 0 Å². The molecule has 6 nitrogen and oxygen atoms in total. The average Bonchev–Trinajstić information content (AvgIpc) is 2.24. The van der Waals surface area contributed by atoms with Crippen LogP contribution in [0.25, 0.3) is 0 Å². The lowest BCUT2D eigenvalue weighted by Gasteiger charge is -2.04. The SMILES string of the molecule is Clc1nc(Cl)nc(Cl)n1.OCC(COCl)OCl. The molecule has 0 saturated heterocycles. The number of rotatable bonds is 4. The maximum Gasteiger partial charge on any atom is 0.227 e. The molecule has 1 aromatic heterocycles. The molecule has 0 amide bonds. The lowest BCUT2D eigenvalue weighted by molar-refractivity contribution is 0.0837. The van der Waals surface area contributed by atoms with Gasteiger partial charge in [-0.25, -0.2) is 0 Å². The van der Waals surface area contributed by atoms with E-state index in [1.807, 2.05) is 0 Å². The van der Waals surface area contributed by atoms with Crippen molar-refractivity contribution in [3.63, 3.8) is 0 Å². The predicted molar refractivity (Wildman–Crippen MR) is 64.5 cm³/mol. The highest BCUT2D eigenvalue weighted by atomic mass is 35.5. The fourth-order valence-corrected chi connectivity index (χ4v) is 1.34. The molecule has 17 heavy (non-hydrogen) atoms. The standard InChI is InChI=1S/C3Cl3N3.C3H6Cl2O3/c4-1-7-2(5)9-3(6)8-1;4-7-2-3(1-6)8-5/h;3,6H,1-2H2. The predicted octanol–water partition coefficient (Wildman–Crippen LogP) is 2.52. The van der Waals surface area contributed by atoms with Crippen LogP contribution in [0.3, 0.4) is 0 Å². The van der Waals surface area contributed by atoms with Gasteiger partial charge in [0.1, 0.15) is 6.10 Å². The van der Waals surface area contributed by atoms with Crippen molar-refractivity contribution in [2.45, 2.75) is 6.10 Å². The second-order valence-electron chi connectivity index (χ2n) is 2.31. The van der Waals surface area contributed by atoms with Crippen LogP contribution >= 0.6 is 58.5 Å². The van der Waals surface area contributed by atoms with Crippen molar-refractivity contribution in [2.75, 3.05) is 13.2 Å². The van der Waals surface area contributed by atoms with Crippen LogP contribution in [0, 0.1) is 0 Å². The molecule has 1 rings (SSSR count). The summed E-state index contributed by atoms with van der Waals surface area (Å²) < 4.78 is 8.24. The topological polar surface area (TPSA) is 77.4 Å². The van der Waals surface area contributed by atoms with Crippen LogP contribution in [0.1, 0.15) is 0 Å². The highest BCUT2D eigenvalue weighted by Crippen LogP contribution is 2.08. The van der Waals surface area contributed by atoms with Crippen LogP contribution in [-0.4, -0.2) is 39.4 Å². The fourth-order valence-electron chi connectivity index (χ4n) is 0.480. The summed E-state index contributed by atoms with van der Waals surface area (Å²) in [4.78, 5) is 10.4. The van der Waals surface area contributed by atoms with Crippen molar-refractivity contribution < 1.29 is 13.7 Å². The normalized spacial score (nSPS) is 11.6. The molecular formula is C6H6Cl5N3O3. The van der Waals surface area contributed by atoms with E-state index in [4.69, 9.17) is 63.6 Å². The molecule has 1 N–H and O–H groups in total. The van der Waals surface area contributed by atoms with Gasteiger partial charge in [-0.2, -0.15) is 15.0 Å². The number of hydrogen-bond donors (Lipinski definition) is 1. The van der Waals surface area contributed by atoms with Gasteiger partial charge in [0.15, 0.2) is 0 Å². The molecule has 0 bridgehead atoms. The third-order valence-corrected chi connectivity index (χ3v) is 2.02. The van der Waals surface area contributed by atoms with Gasteiger partial charge in [0.05, 0.1) is 36.9 Å². The van der Waals surface area contributed by atoms with E-state index in [1.165, 1.54) is 0 Å². The molecule has 11 heteroatoms. The van der Waals surface area contributed by atoms with Crippen molar-refractivity contribution in [3.8, 4) is 0 Å². The Labute approximate surface area is 122 Å². The third kappa shape index (κ3) is 8.98. The molecule has 0 fully saturated rings. The largest absolute Gasteiger partial charge is 0.394 e. The zero-order valence-corrected chi connectivity index (χ0v) is 11.8. The monoisotopic (exact) mass is 343 g/mol. The van der Waals surface area contributed by atoms with Gasteiger partial charge < -0.3 is 5.11 Å². The first-order valence-corrected chi connectivity index (χ1v) is 5.63. The number of nitrogens with zero attached hydrogens (tertiary/aromatic N) is 3. The summed E-state index contributed by atoms with van der Waals surface area (Å²) >= 11 is 25.6. The summed E-state index contributed by atoms with van der Waals surface area (Å²) in [5.74, 6) is 0. The number of aliphatic hydroxyl groups excluding tert-OH is 1. The summed E-state index contributed by atoms with van der Waals surface area (Å²) in [5.41, 5.74) is 0. The Kier molecular flexibility index (Phi) is 10.5. The Morgan fingerprint density at radius 3 is 1.59 bits per heavy atom. The van der Waals surface area contributed by atoms with Crippen molar-refractivity contribution in [1.82, 2.24) is 15.0 Å². The quantitative estimate of drug-likeness (QED) is 0.903. The number of hydrogen-bond acceptors (Lipinski definition) is 6. The minimum absolute atomic E-state index is 0.000000000000000444. The van der Waals surface area contributed by atoms with Gasteiger partial charge in [0.2, 0.25) is 15.9 Å². The molecule has 0 spiro atoms. The van der Waals surface area contributed by atoms with E-state index < -0.39 is 6.10 Å². The molecule has 98 valence electrons. The van der Waals surface area contributed by atoms with Crippen LogP contribution in [0.15, 0.2) is 0 Å². The zero-order chi connectivity index (χ0) is 13.3. The number of aliphatic hydroxyl groups is 1. The number of aromatic nitrogens is 3. The van der Waals surface area contributed by atoms with Gasteiger partial charge in [-0.1, -0.05) is 0 Å². The first kappa shape index (κ1) is 17.3. The van der Waals surface area contributed by atoms with Gasteiger partial charge in [-0.3, -0.25) is 8.58 Å². The maximum atomic E-state index is 8.31. The van der Waals surface area contributed by atoms with E-state index in [0.29, 0.717) is 0 Å². The molecular weight excluding hydrogens is 339 g/mol. The van der Waals surface area contributed by atoms with E-state index in [0.717, 1.165) is 0 Å². The van der Waals surface area contributed by atoms with Crippen LogP contribution in [0.5, 0.6) is 0 Å². The third-order valence-electron chi connectivity index (χ3n) is 1.13. The Balaban J connectivity index is 0.000000304. The van der Waals surface area contributed by atoms with Gasteiger partial charge >= 0.3 is 0 Å². The van der Waals surface area contributed by atoms with Gasteiger partial charge in [-0.05, 0) is 34.8 Å². The molecule has 0 aliphatic heterocycles. The van der Waals surface area contributed by atoms with Gasteiger partial charge in [0, 0.05) is 0 Å². The first-order valence-electron chi connectivity index (χ1n) is 3.87.